The van der Waals surface area contributed by atoms with Gasteiger partial charge in [0.05, 0.1) is 48.3 Å². The van der Waals surface area contributed by atoms with Crippen LogP contribution in [0.15, 0.2) is 78.9 Å². The molecule has 2 atom stereocenters. The lowest BCUT2D eigenvalue weighted by molar-refractivity contribution is 0.0975. The number of ether oxygens (including phenoxy) is 3. The Hall–Kier alpha value is -6.00. The van der Waals surface area contributed by atoms with Crippen LogP contribution in [0.1, 0.15) is 65.2 Å². The molecule has 0 spiro atoms. The highest BCUT2D eigenvalue weighted by atomic mass is 16.5. The van der Waals surface area contributed by atoms with Crippen LogP contribution in [0.2, 0.25) is 0 Å². The zero-order valence-corrected chi connectivity index (χ0v) is 33.4. The number of hydrogen-bond acceptors (Lipinski definition) is 8. The van der Waals surface area contributed by atoms with Crippen LogP contribution in [0, 0.1) is 20.8 Å². The van der Waals surface area contributed by atoms with E-state index in [1.165, 1.54) is 11.1 Å². The van der Waals surface area contributed by atoms with Crippen molar-refractivity contribution in [2.75, 3.05) is 53.9 Å². The third-order valence-electron chi connectivity index (χ3n) is 12.7. The van der Waals surface area contributed by atoms with Crippen LogP contribution < -0.4 is 33.8 Å². The number of aliphatic hydroxyl groups is 1. The Balaban J connectivity index is 0.968. The molecule has 0 fully saturated rings. The number of anilines is 4. The number of para-hydroxylation sites is 2. The second-order valence-corrected chi connectivity index (χ2v) is 15.9. The topological polar surface area (TPSA) is 95.0 Å². The van der Waals surface area contributed by atoms with E-state index in [1.807, 2.05) is 78.5 Å². The Morgan fingerprint density at radius 2 is 1.09 bits per heavy atom. The van der Waals surface area contributed by atoms with Crippen molar-refractivity contribution in [1.82, 2.24) is 0 Å². The van der Waals surface area contributed by atoms with E-state index in [4.69, 9.17) is 14.2 Å². The van der Waals surface area contributed by atoms with Gasteiger partial charge in [-0.25, -0.2) is 0 Å². The number of aliphatic hydroxyl groups excluding tert-OH is 1. The molecule has 0 unspecified atom stereocenters. The van der Waals surface area contributed by atoms with Gasteiger partial charge in [0.25, 0.3) is 11.8 Å². The van der Waals surface area contributed by atoms with Gasteiger partial charge in [-0.15, -0.1) is 0 Å². The number of carbonyl (C=O) groups is 2. The van der Waals surface area contributed by atoms with E-state index in [0.717, 1.165) is 63.4 Å². The van der Waals surface area contributed by atoms with Crippen molar-refractivity contribution >= 4 is 34.6 Å². The van der Waals surface area contributed by atoms with Gasteiger partial charge in [0.15, 0.2) is 11.5 Å². The Labute approximate surface area is 333 Å². The lowest BCUT2D eigenvalue weighted by Crippen LogP contribution is -2.41. The fourth-order valence-electron chi connectivity index (χ4n) is 9.32. The first-order valence-electron chi connectivity index (χ1n) is 19.6. The first kappa shape index (κ1) is 36.6. The number of likely N-dealkylation sites (N-methyl/N-ethyl adjacent to an activating group) is 2. The molecule has 10 heteroatoms. The Morgan fingerprint density at radius 3 is 1.61 bits per heavy atom. The molecule has 10 nitrogen and oxygen atoms in total. The van der Waals surface area contributed by atoms with E-state index < -0.39 is 0 Å². The molecule has 0 saturated carbocycles. The zero-order chi connectivity index (χ0) is 39.7. The molecule has 1 N–H and O–H groups in total. The lowest BCUT2D eigenvalue weighted by atomic mass is 9.94. The average molecular weight is 765 g/mol. The van der Waals surface area contributed by atoms with Crippen molar-refractivity contribution in [2.24, 2.45) is 0 Å². The fraction of sp³-hybridized carbons (Fsp3) is 0.319. The van der Waals surface area contributed by atoms with Gasteiger partial charge < -0.3 is 38.9 Å². The van der Waals surface area contributed by atoms with Crippen LogP contribution in [0.3, 0.4) is 0 Å². The maximum absolute atomic E-state index is 14.1. The molecule has 0 aliphatic carbocycles. The highest BCUT2D eigenvalue weighted by Crippen LogP contribution is 2.43. The Morgan fingerprint density at radius 1 is 0.596 bits per heavy atom. The van der Waals surface area contributed by atoms with Gasteiger partial charge >= 0.3 is 0 Å². The van der Waals surface area contributed by atoms with Crippen molar-refractivity contribution in [1.29, 1.82) is 0 Å². The third kappa shape index (κ3) is 6.05. The molecule has 0 aromatic heterocycles. The van der Waals surface area contributed by atoms with Crippen LogP contribution in [0.25, 0.3) is 0 Å². The summed E-state index contributed by atoms with van der Waals surface area (Å²) in [7, 11) is 5.64. The molecule has 0 bridgehead atoms. The number of amides is 2. The number of carbonyl (C=O) groups excluding carboxylic acids is 2. The average Bonchev–Trinajstić information content (AvgIpc) is 3.72. The van der Waals surface area contributed by atoms with Gasteiger partial charge in [-0.3, -0.25) is 9.59 Å². The van der Waals surface area contributed by atoms with Crippen molar-refractivity contribution in [3.8, 4) is 17.2 Å². The number of methoxy groups -OCH3 is 1. The summed E-state index contributed by atoms with van der Waals surface area (Å²) in [6.07, 6.45) is 1.62. The van der Waals surface area contributed by atoms with Crippen LogP contribution in [-0.2, 0) is 32.7 Å². The summed E-state index contributed by atoms with van der Waals surface area (Å²) in [5, 5.41) is 10.5. The summed E-state index contributed by atoms with van der Waals surface area (Å²) in [6, 6.07) is 25.9. The molecule has 2 amide bonds. The number of hydrogen-bond donors (Lipinski definition) is 1. The van der Waals surface area contributed by atoms with E-state index >= 15 is 0 Å². The number of nitrogens with zero attached hydrogens (tertiary/aromatic N) is 4. The molecule has 5 aromatic carbocycles. The van der Waals surface area contributed by atoms with Crippen molar-refractivity contribution in [3.05, 3.63) is 134 Å². The zero-order valence-electron chi connectivity index (χ0n) is 33.4. The molecule has 292 valence electrons. The molecule has 5 aromatic rings. The molecular formula is C47H48N4O6. The van der Waals surface area contributed by atoms with Crippen molar-refractivity contribution < 1.29 is 28.9 Å². The minimum atomic E-state index is -0.264. The van der Waals surface area contributed by atoms with Crippen molar-refractivity contribution in [3.63, 3.8) is 0 Å². The molecular weight excluding hydrogens is 717 g/mol. The molecule has 0 saturated heterocycles. The molecule has 4 aliphatic heterocycles. The van der Waals surface area contributed by atoms with Gasteiger partial charge in [-0.1, -0.05) is 36.4 Å². The second kappa shape index (κ2) is 14.2. The molecule has 0 radical (unpaired) electrons. The molecule has 4 heterocycles. The predicted molar refractivity (Wildman–Crippen MR) is 223 cm³/mol. The normalized spacial score (nSPS) is 17.9. The summed E-state index contributed by atoms with van der Waals surface area (Å²) in [4.78, 5) is 36.3. The lowest BCUT2D eigenvalue weighted by Gasteiger charge is -2.25. The summed E-state index contributed by atoms with van der Waals surface area (Å²) in [5.74, 6) is 1.52. The highest BCUT2D eigenvalue weighted by Gasteiger charge is 2.41. The van der Waals surface area contributed by atoms with E-state index in [2.05, 4.69) is 48.8 Å². The minimum Gasteiger partial charge on any atom is -0.493 e. The quantitative estimate of drug-likeness (QED) is 0.176. The molecule has 9 rings (SSSR count). The van der Waals surface area contributed by atoms with Crippen molar-refractivity contribution in [2.45, 2.75) is 65.5 Å². The predicted octanol–water partition coefficient (Wildman–Crippen LogP) is 7.31. The summed E-state index contributed by atoms with van der Waals surface area (Å²) < 4.78 is 18.9. The highest BCUT2D eigenvalue weighted by molar-refractivity contribution is 6.13. The van der Waals surface area contributed by atoms with Gasteiger partial charge in [0.1, 0.15) is 19.0 Å². The molecule has 57 heavy (non-hydrogen) atoms. The minimum absolute atomic E-state index is 0.0260. The number of benzene rings is 5. The maximum Gasteiger partial charge on any atom is 0.260 e. The van der Waals surface area contributed by atoms with E-state index in [1.54, 1.807) is 13.2 Å². The fourth-order valence-corrected chi connectivity index (χ4v) is 9.32. The third-order valence-corrected chi connectivity index (χ3v) is 12.7. The van der Waals surface area contributed by atoms with E-state index in [9.17, 15) is 14.7 Å². The number of rotatable bonds is 8. The SMILES string of the molecule is COc1cc2c(cc1OCc1cc(COc3cc4c(cc3CO)C(=O)N3c5ccccc5C[C@H]3CN4C)c(C)c(C)c1C)N(C)C[C@@H]1Cc3ccccc3N1C2=O. The van der Waals surface area contributed by atoms with Crippen LogP contribution in [-0.4, -0.2) is 63.3 Å². The van der Waals surface area contributed by atoms with Crippen LogP contribution in [0.5, 0.6) is 17.2 Å². The summed E-state index contributed by atoms with van der Waals surface area (Å²) >= 11 is 0. The van der Waals surface area contributed by atoms with E-state index in [0.29, 0.717) is 47.0 Å². The monoisotopic (exact) mass is 764 g/mol. The van der Waals surface area contributed by atoms with Gasteiger partial charge in [-0.2, -0.15) is 0 Å². The van der Waals surface area contributed by atoms with E-state index in [-0.39, 0.29) is 43.7 Å². The smallest absolute Gasteiger partial charge is 0.260 e. The van der Waals surface area contributed by atoms with Crippen LogP contribution in [0.4, 0.5) is 22.7 Å². The maximum atomic E-state index is 14.1. The van der Waals surface area contributed by atoms with Gasteiger partial charge in [0, 0.05) is 56.3 Å². The first-order valence-corrected chi connectivity index (χ1v) is 19.6. The second-order valence-electron chi connectivity index (χ2n) is 15.9. The Bertz CT molecular complexity index is 2300. The summed E-state index contributed by atoms with van der Waals surface area (Å²) in [5.41, 5.74) is 13.0. The van der Waals surface area contributed by atoms with Gasteiger partial charge in [0.2, 0.25) is 0 Å². The first-order chi connectivity index (χ1) is 27.6. The summed E-state index contributed by atoms with van der Waals surface area (Å²) in [6.45, 7) is 7.97. The molecule has 4 aliphatic rings. The largest absolute Gasteiger partial charge is 0.493 e. The van der Waals surface area contributed by atoms with Gasteiger partial charge in [-0.05, 0) is 103 Å². The number of fused-ring (bicyclic) bond motifs is 8. The standard InChI is InChI=1S/C47H48N4O6/c1-27-28(2)33(25-56-43-20-41-37(18-32(43)24-52)46(53)50-35(22-48(41)4)16-30-11-7-9-13-39(30)50)15-34(29(27)3)26-57-45-21-42-38(19-44(45)55-6)47(54)51-36(23-49(42)5)17-31-12-8-10-14-40(31)51/h7-15,18-21,35-36,52H,16-17,22-26H2,1-6H3/t35-,36-/m0/s1. The van der Waals surface area contributed by atoms with Crippen LogP contribution >= 0.6 is 0 Å². The Kier molecular flexibility index (Phi) is 9.11.